The van der Waals surface area contributed by atoms with Gasteiger partial charge in [0.05, 0.1) is 12.1 Å². The van der Waals surface area contributed by atoms with Crippen molar-refractivity contribution in [2.45, 2.75) is 104 Å². The van der Waals surface area contributed by atoms with E-state index < -0.39 is 5.09 Å². The minimum absolute atomic E-state index is 0. The molecule has 0 aromatic heterocycles. The first-order valence-electron chi connectivity index (χ1n) is 13.1. The second-order valence-corrected chi connectivity index (χ2v) is 12.2. The number of hydrogen-bond acceptors (Lipinski definition) is 6. The summed E-state index contributed by atoms with van der Waals surface area (Å²) in [6.07, 6.45) is 7.88. The predicted octanol–water partition coefficient (Wildman–Crippen LogP) is 6.81. The van der Waals surface area contributed by atoms with Crippen molar-refractivity contribution >= 4 is 12.4 Å². The minimum Gasteiger partial charge on any atom is -0.507 e. The molecule has 0 aliphatic heterocycles. The van der Waals surface area contributed by atoms with Gasteiger partial charge in [0.1, 0.15) is 11.5 Å². The van der Waals surface area contributed by atoms with E-state index >= 15 is 0 Å². The summed E-state index contributed by atoms with van der Waals surface area (Å²) in [6.45, 7) is 16.9. The van der Waals surface area contributed by atoms with E-state index in [0.717, 1.165) is 47.9 Å². The minimum atomic E-state index is -1.50. The molecule has 0 amide bonds. The first-order valence-corrected chi connectivity index (χ1v) is 13.1. The Morgan fingerprint density at radius 3 is 1.38 bits per heavy atom. The molecular weight excluding hydrogens is 541 g/mol. The van der Waals surface area contributed by atoms with Gasteiger partial charge in [-0.3, -0.25) is 9.98 Å². The summed E-state index contributed by atoms with van der Waals surface area (Å²) < 4.78 is 0. The number of hydrogen-bond donors (Lipinski definition) is 3. The molecule has 0 heterocycles. The van der Waals surface area contributed by atoms with E-state index in [0.29, 0.717) is 11.5 Å². The maximum atomic E-state index is 10.6. The average Bonchev–Trinajstić information content (AvgIpc) is 2.79. The Morgan fingerprint density at radius 1 is 0.795 bits per heavy atom. The van der Waals surface area contributed by atoms with Crippen molar-refractivity contribution in [2.75, 3.05) is 0 Å². The number of aliphatic imine (C=N–C) groups is 2. The number of aryl methyl sites for hydroxylation is 2. The summed E-state index contributed by atoms with van der Waals surface area (Å²) in [5.74, 6) is 0.596. The SMILES string of the molecule is Cc1cc(C(C)(C)C)cc(C=N[C@@H]2CCCC[C@H]2N=Cc2cc(C(C)(C)C)cc(C)c2O)c1O.O=[N+]([O-])O.[Co]. The third-order valence-corrected chi connectivity index (χ3v) is 6.90. The predicted molar refractivity (Wildman–Crippen MR) is 153 cm³/mol. The van der Waals surface area contributed by atoms with Crippen molar-refractivity contribution in [3.63, 3.8) is 0 Å². The Bertz CT molecular complexity index is 1110. The van der Waals surface area contributed by atoms with Gasteiger partial charge in [-0.15, -0.1) is 10.1 Å². The fourth-order valence-electron chi connectivity index (χ4n) is 4.47. The monoisotopic (exact) mass is 584 g/mol. The van der Waals surface area contributed by atoms with Crippen molar-refractivity contribution in [1.82, 2.24) is 0 Å². The molecule has 1 aliphatic rings. The molecule has 9 heteroatoms. The quantitative estimate of drug-likeness (QED) is 0.207. The largest absolute Gasteiger partial charge is 0.507 e. The normalized spacial score (nSPS) is 17.9. The second kappa shape index (κ2) is 13.9. The van der Waals surface area contributed by atoms with Crippen molar-refractivity contribution in [2.24, 2.45) is 9.98 Å². The maximum Gasteiger partial charge on any atom is 0.291 e. The Hall–Kier alpha value is -2.91. The van der Waals surface area contributed by atoms with Crippen LogP contribution in [0.5, 0.6) is 11.5 Å². The van der Waals surface area contributed by atoms with E-state index in [1.54, 1.807) is 0 Å². The number of rotatable bonds is 4. The van der Waals surface area contributed by atoms with Crippen LogP contribution < -0.4 is 0 Å². The van der Waals surface area contributed by atoms with Crippen molar-refractivity contribution < 1.29 is 37.3 Å². The van der Waals surface area contributed by atoms with Gasteiger partial charge in [0.2, 0.25) is 0 Å². The van der Waals surface area contributed by atoms with E-state index in [4.69, 9.17) is 25.3 Å². The molecule has 2 aromatic carbocycles. The first-order chi connectivity index (χ1) is 17.5. The molecule has 2 atom stereocenters. The summed E-state index contributed by atoms with van der Waals surface area (Å²) in [6, 6.07) is 8.34. The summed E-state index contributed by atoms with van der Waals surface area (Å²) >= 11 is 0. The zero-order chi connectivity index (χ0) is 28.8. The summed E-state index contributed by atoms with van der Waals surface area (Å²) in [5.41, 5.74) is 5.65. The summed E-state index contributed by atoms with van der Waals surface area (Å²) in [7, 11) is 0. The molecule has 0 saturated heterocycles. The van der Waals surface area contributed by atoms with E-state index in [1.165, 1.54) is 11.1 Å². The molecule has 0 spiro atoms. The fraction of sp³-hybridized carbons (Fsp3) is 0.533. The molecule has 2 aromatic rings. The van der Waals surface area contributed by atoms with Gasteiger partial charge in [-0.2, -0.15) is 0 Å². The van der Waals surface area contributed by atoms with Gasteiger partial charge in [-0.1, -0.05) is 66.5 Å². The smallest absolute Gasteiger partial charge is 0.291 e. The molecule has 217 valence electrons. The van der Waals surface area contributed by atoms with Crippen LogP contribution in [-0.4, -0.2) is 45.0 Å². The number of phenols is 2. The van der Waals surface area contributed by atoms with Gasteiger partial charge < -0.3 is 15.4 Å². The van der Waals surface area contributed by atoms with Crippen LogP contribution in [0.4, 0.5) is 0 Å². The molecule has 39 heavy (non-hydrogen) atoms. The van der Waals surface area contributed by atoms with Crippen LogP contribution in [-0.2, 0) is 27.6 Å². The van der Waals surface area contributed by atoms with Crippen LogP contribution in [0.3, 0.4) is 0 Å². The molecule has 8 nitrogen and oxygen atoms in total. The second-order valence-electron chi connectivity index (χ2n) is 12.2. The van der Waals surface area contributed by atoms with Crippen molar-refractivity contribution in [1.29, 1.82) is 0 Å². The Morgan fingerprint density at radius 2 is 1.10 bits per heavy atom. The molecule has 3 N–H and O–H groups in total. The van der Waals surface area contributed by atoms with Gasteiger partial charge in [0.25, 0.3) is 5.09 Å². The fourth-order valence-corrected chi connectivity index (χ4v) is 4.47. The van der Waals surface area contributed by atoms with Crippen LogP contribution >= 0.6 is 0 Å². The summed E-state index contributed by atoms with van der Waals surface area (Å²) in [4.78, 5) is 18.2. The van der Waals surface area contributed by atoms with E-state index in [9.17, 15) is 10.2 Å². The average molecular weight is 585 g/mol. The maximum absolute atomic E-state index is 10.6. The third-order valence-electron chi connectivity index (χ3n) is 6.90. The number of phenolic OH excluding ortho intramolecular Hbond substituents is 2. The van der Waals surface area contributed by atoms with Gasteiger partial charge in [0.15, 0.2) is 0 Å². The summed E-state index contributed by atoms with van der Waals surface area (Å²) in [5, 5.41) is 34.9. The van der Waals surface area contributed by atoms with E-state index in [2.05, 4.69) is 53.7 Å². The van der Waals surface area contributed by atoms with Gasteiger partial charge in [-0.05, 0) is 71.9 Å². The zero-order valence-electron chi connectivity index (χ0n) is 24.3. The van der Waals surface area contributed by atoms with Crippen LogP contribution in [0.1, 0.15) is 101 Å². The van der Waals surface area contributed by atoms with Gasteiger partial charge in [0, 0.05) is 40.3 Å². The van der Waals surface area contributed by atoms with Crippen LogP contribution in [0.2, 0.25) is 0 Å². The Kier molecular flexibility index (Phi) is 12.2. The third kappa shape index (κ3) is 9.96. The molecule has 0 unspecified atom stereocenters. The molecule has 3 rings (SSSR count). The topological polar surface area (TPSA) is 129 Å². The van der Waals surface area contributed by atoms with Crippen LogP contribution in [0.25, 0.3) is 0 Å². The number of benzene rings is 2. The van der Waals surface area contributed by atoms with Gasteiger partial charge in [-0.25, -0.2) is 0 Å². The Balaban J connectivity index is 0.00000142. The molecule has 1 aliphatic carbocycles. The molecule has 1 fully saturated rings. The number of aromatic hydroxyl groups is 2. The van der Waals surface area contributed by atoms with Crippen molar-refractivity contribution in [3.05, 3.63) is 67.8 Å². The van der Waals surface area contributed by atoms with E-state index in [-0.39, 0.29) is 39.7 Å². The Labute approximate surface area is 242 Å². The van der Waals surface area contributed by atoms with Crippen LogP contribution in [0.15, 0.2) is 34.3 Å². The standard InChI is InChI=1S/C30H42N2O2.Co.HNO3/c1-19-13-23(29(3,4)5)15-21(27(19)33)17-31-25-11-9-10-12-26(25)32-18-22-16-24(30(6,7)8)14-20(2)28(22)34;;2-1(3)4/h13-18,25-26,33-34H,9-12H2,1-8H3;;(H,2,3,4)/t25-,26-;;/m1../s1. The molecule has 0 bridgehead atoms. The molecular formula is C30H43CoN3O5. The molecule has 1 radical (unpaired) electrons. The van der Waals surface area contributed by atoms with Crippen molar-refractivity contribution in [3.8, 4) is 11.5 Å². The number of nitrogens with zero attached hydrogens (tertiary/aromatic N) is 3. The molecule has 1 saturated carbocycles. The van der Waals surface area contributed by atoms with Gasteiger partial charge >= 0.3 is 0 Å². The zero-order valence-corrected chi connectivity index (χ0v) is 25.3. The van der Waals surface area contributed by atoms with E-state index in [1.807, 2.05) is 38.4 Å². The first kappa shape index (κ1) is 34.1. The van der Waals surface area contributed by atoms with Crippen LogP contribution in [0, 0.1) is 24.0 Å².